The minimum atomic E-state index is -0.107. The third-order valence-electron chi connectivity index (χ3n) is 2.43. The Bertz CT molecular complexity index is 349. The lowest BCUT2D eigenvalue weighted by atomic mass is 10.0. The number of hydrogen-bond acceptors (Lipinski definition) is 3. The van der Waals surface area contributed by atoms with E-state index in [1.54, 1.807) is 17.5 Å². The molecule has 0 aliphatic rings. The monoisotopic (exact) mass is 269 g/mol. The summed E-state index contributed by atoms with van der Waals surface area (Å²) in [4.78, 5) is 16.1. The Balaban J connectivity index is 2.54. The predicted octanol–water partition coefficient (Wildman–Crippen LogP) is 3.19. The highest BCUT2D eigenvalue weighted by Gasteiger charge is 2.18. The molecule has 18 heavy (non-hydrogen) atoms. The van der Waals surface area contributed by atoms with Crippen LogP contribution in [0.2, 0.25) is 0 Å². The minimum Gasteiger partial charge on any atom is -0.338 e. The van der Waals surface area contributed by atoms with Crippen LogP contribution in [-0.4, -0.2) is 17.6 Å². The molecule has 0 spiro atoms. The van der Waals surface area contributed by atoms with Crippen LogP contribution in [0.5, 0.6) is 0 Å². The summed E-state index contributed by atoms with van der Waals surface area (Å²) in [7, 11) is 0. The van der Waals surface area contributed by atoms with Gasteiger partial charge in [-0.05, 0) is 18.3 Å². The highest BCUT2D eigenvalue weighted by Crippen LogP contribution is 2.22. The highest BCUT2D eigenvalue weighted by molar-refractivity contribution is 7.09. The van der Waals surface area contributed by atoms with E-state index in [1.807, 2.05) is 5.38 Å². The van der Waals surface area contributed by atoms with Crippen molar-refractivity contribution < 1.29 is 4.79 Å². The second-order valence-corrected chi connectivity index (χ2v) is 6.23. The SMILES string of the molecule is CC(C)CNC(=O)NC(CC(C)C)c1nccs1. The van der Waals surface area contributed by atoms with Crippen molar-refractivity contribution in [3.63, 3.8) is 0 Å². The summed E-state index contributed by atoms with van der Waals surface area (Å²) in [5.74, 6) is 0.975. The van der Waals surface area contributed by atoms with Crippen LogP contribution in [0.25, 0.3) is 0 Å². The molecule has 4 nitrogen and oxygen atoms in total. The van der Waals surface area contributed by atoms with Gasteiger partial charge in [0.2, 0.25) is 0 Å². The topological polar surface area (TPSA) is 54.0 Å². The molecule has 0 fully saturated rings. The summed E-state index contributed by atoms with van der Waals surface area (Å²) in [6, 6.07) is -0.0956. The number of carbonyl (C=O) groups excluding carboxylic acids is 1. The number of rotatable bonds is 6. The molecule has 1 rings (SSSR count). The molecule has 1 unspecified atom stereocenters. The number of carbonyl (C=O) groups is 1. The Labute approximate surface area is 113 Å². The molecular weight excluding hydrogens is 246 g/mol. The summed E-state index contributed by atoms with van der Waals surface area (Å²) in [5, 5.41) is 8.79. The lowest BCUT2D eigenvalue weighted by Crippen LogP contribution is -2.39. The summed E-state index contributed by atoms with van der Waals surface area (Å²) in [6.07, 6.45) is 2.68. The third kappa shape index (κ3) is 5.49. The predicted molar refractivity (Wildman–Crippen MR) is 75.7 cm³/mol. The van der Waals surface area contributed by atoms with Crippen LogP contribution in [0.4, 0.5) is 4.79 Å². The second kappa shape index (κ2) is 7.36. The molecule has 1 aromatic rings. The molecule has 0 bridgehead atoms. The van der Waals surface area contributed by atoms with Crippen LogP contribution in [0.15, 0.2) is 11.6 Å². The Morgan fingerprint density at radius 1 is 1.33 bits per heavy atom. The van der Waals surface area contributed by atoms with Crippen molar-refractivity contribution in [2.75, 3.05) is 6.54 Å². The van der Waals surface area contributed by atoms with Crippen LogP contribution in [0, 0.1) is 11.8 Å². The van der Waals surface area contributed by atoms with Gasteiger partial charge in [0.1, 0.15) is 5.01 Å². The van der Waals surface area contributed by atoms with Crippen molar-refractivity contribution in [1.82, 2.24) is 15.6 Å². The first-order valence-corrected chi connectivity index (χ1v) is 7.30. The maximum absolute atomic E-state index is 11.8. The zero-order chi connectivity index (χ0) is 13.5. The molecule has 0 radical (unpaired) electrons. The highest BCUT2D eigenvalue weighted by atomic mass is 32.1. The van der Waals surface area contributed by atoms with E-state index in [1.165, 1.54) is 0 Å². The van der Waals surface area contributed by atoms with E-state index < -0.39 is 0 Å². The van der Waals surface area contributed by atoms with Crippen LogP contribution < -0.4 is 10.6 Å². The molecule has 5 heteroatoms. The van der Waals surface area contributed by atoms with E-state index in [4.69, 9.17) is 0 Å². The van der Waals surface area contributed by atoms with Gasteiger partial charge in [0, 0.05) is 18.1 Å². The number of nitrogens with zero attached hydrogens (tertiary/aromatic N) is 1. The molecule has 0 saturated heterocycles. The number of thiazole rings is 1. The van der Waals surface area contributed by atoms with Crippen LogP contribution in [0.3, 0.4) is 0 Å². The first-order valence-electron chi connectivity index (χ1n) is 6.42. The Morgan fingerprint density at radius 2 is 2.06 bits per heavy atom. The van der Waals surface area contributed by atoms with Crippen LogP contribution >= 0.6 is 11.3 Å². The van der Waals surface area contributed by atoms with Gasteiger partial charge in [-0.1, -0.05) is 27.7 Å². The molecule has 102 valence electrons. The van der Waals surface area contributed by atoms with Gasteiger partial charge in [0.25, 0.3) is 0 Å². The van der Waals surface area contributed by atoms with Crippen LogP contribution in [-0.2, 0) is 0 Å². The van der Waals surface area contributed by atoms with Crippen molar-refractivity contribution in [3.05, 3.63) is 16.6 Å². The van der Waals surface area contributed by atoms with E-state index in [0.717, 1.165) is 11.4 Å². The molecule has 2 N–H and O–H groups in total. The minimum absolute atomic E-state index is 0.0113. The molecule has 0 aliphatic carbocycles. The third-order valence-corrected chi connectivity index (χ3v) is 3.32. The first kappa shape index (κ1) is 15.0. The van der Waals surface area contributed by atoms with Gasteiger partial charge in [0.05, 0.1) is 6.04 Å². The molecule has 0 aromatic carbocycles. The van der Waals surface area contributed by atoms with E-state index in [-0.39, 0.29) is 12.1 Å². The van der Waals surface area contributed by atoms with Crippen molar-refractivity contribution in [2.24, 2.45) is 11.8 Å². The molecule has 1 atom stereocenters. The molecule has 1 heterocycles. The number of hydrogen-bond donors (Lipinski definition) is 2. The van der Waals surface area contributed by atoms with E-state index in [2.05, 4.69) is 43.3 Å². The van der Waals surface area contributed by atoms with Crippen molar-refractivity contribution in [3.8, 4) is 0 Å². The summed E-state index contributed by atoms with van der Waals surface area (Å²) < 4.78 is 0. The smallest absolute Gasteiger partial charge is 0.315 e. The van der Waals surface area contributed by atoms with Gasteiger partial charge in [0.15, 0.2) is 0 Å². The zero-order valence-electron chi connectivity index (χ0n) is 11.6. The normalized spacial score (nSPS) is 12.8. The molecule has 1 aromatic heterocycles. The molecule has 2 amide bonds. The number of urea groups is 1. The molecular formula is C13H23N3OS. The molecule has 0 saturated carbocycles. The van der Waals surface area contributed by atoms with E-state index in [9.17, 15) is 4.79 Å². The first-order chi connectivity index (χ1) is 8.49. The second-order valence-electron chi connectivity index (χ2n) is 5.30. The number of amides is 2. The fraction of sp³-hybridized carbons (Fsp3) is 0.692. The maximum atomic E-state index is 11.8. The van der Waals surface area contributed by atoms with Gasteiger partial charge in [-0.25, -0.2) is 9.78 Å². The standard InChI is InChI=1S/C13H23N3OS/c1-9(2)7-11(12-14-5-6-18-12)16-13(17)15-8-10(3)4/h5-6,9-11H,7-8H2,1-4H3,(H2,15,16,17). The Hall–Kier alpha value is -1.10. The van der Waals surface area contributed by atoms with Gasteiger partial charge >= 0.3 is 6.03 Å². The average Bonchev–Trinajstić information content (AvgIpc) is 2.78. The van der Waals surface area contributed by atoms with E-state index >= 15 is 0 Å². The lowest BCUT2D eigenvalue weighted by Gasteiger charge is -2.19. The van der Waals surface area contributed by atoms with Gasteiger partial charge < -0.3 is 10.6 Å². The summed E-state index contributed by atoms with van der Waals surface area (Å²) in [6.45, 7) is 9.14. The fourth-order valence-corrected chi connectivity index (χ4v) is 2.31. The lowest BCUT2D eigenvalue weighted by molar-refractivity contribution is 0.233. The van der Waals surface area contributed by atoms with Crippen molar-refractivity contribution >= 4 is 17.4 Å². The summed E-state index contributed by atoms with van der Waals surface area (Å²) >= 11 is 1.59. The van der Waals surface area contributed by atoms with Gasteiger partial charge in [-0.3, -0.25) is 0 Å². The van der Waals surface area contributed by atoms with E-state index in [0.29, 0.717) is 18.4 Å². The number of nitrogens with one attached hydrogen (secondary N) is 2. The quantitative estimate of drug-likeness (QED) is 0.833. The fourth-order valence-electron chi connectivity index (χ4n) is 1.61. The average molecular weight is 269 g/mol. The maximum Gasteiger partial charge on any atom is 0.315 e. The Kier molecular flexibility index (Phi) is 6.12. The molecule has 0 aliphatic heterocycles. The van der Waals surface area contributed by atoms with Crippen LogP contribution in [0.1, 0.15) is 45.2 Å². The number of aromatic nitrogens is 1. The van der Waals surface area contributed by atoms with Crippen molar-refractivity contribution in [1.29, 1.82) is 0 Å². The zero-order valence-corrected chi connectivity index (χ0v) is 12.4. The van der Waals surface area contributed by atoms with Gasteiger partial charge in [-0.15, -0.1) is 11.3 Å². The largest absolute Gasteiger partial charge is 0.338 e. The van der Waals surface area contributed by atoms with Gasteiger partial charge in [-0.2, -0.15) is 0 Å². The van der Waals surface area contributed by atoms with Crippen molar-refractivity contribution in [2.45, 2.75) is 40.2 Å². The summed E-state index contributed by atoms with van der Waals surface area (Å²) in [5.41, 5.74) is 0. The Morgan fingerprint density at radius 3 is 2.56 bits per heavy atom.